The Morgan fingerprint density at radius 2 is 1.59 bits per heavy atom. The van der Waals surface area contributed by atoms with E-state index in [-0.39, 0.29) is 12.2 Å². The summed E-state index contributed by atoms with van der Waals surface area (Å²) in [6, 6.07) is -4.39. The van der Waals surface area contributed by atoms with Gasteiger partial charge in [0.05, 0.1) is 6.61 Å². The van der Waals surface area contributed by atoms with Gasteiger partial charge in [-0.1, -0.05) is 0 Å². The highest BCUT2D eigenvalue weighted by atomic mass is 32.1. The highest BCUT2D eigenvalue weighted by molar-refractivity contribution is 7.80. The molecule has 0 saturated carbocycles. The van der Waals surface area contributed by atoms with Crippen LogP contribution in [0.15, 0.2) is 0 Å². The zero-order valence-corrected chi connectivity index (χ0v) is 16.1. The molecule has 156 valence electrons. The Balaban J connectivity index is 4.90. The third-order valence-corrected chi connectivity index (χ3v) is 4.03. The van der Waals surface area contributed by atoms with Gasteiger partial charge in [-0.2, -0.15) is 12.6 Å². The minimum absolute atomic E-state index is 0.113. The highest BCUT2D eigenvalue weighted by Gasteiger charge is 2.27. The molecular weight excluding hydrogens is 378 g/mol. The minimum Gasteiger partial charge on any atom is -0.480 e. The van der Waals surface area contributed by atoms with E-state index in [1.54, 1.807) is 0 Å². The summed E-state index contributed by atoms with van der Waals surface area (Å²) in [5.41, 5.74) is 10.8. The van der Waals surface area contributed by atoms with Crippen molar-refractivity contribution in [2.75, 3.05) is 18.9 Å². The van der Waals surface area contributed by atoms with Crippen LogP contribution in [0.1, 0.15) is 26.2 Å². The van der Waals surface area contributed by atoms with Crippen LogP contribution in [0.25, 0.3) is 0 Å². The zero-order chi connectivity index (χ0) is 21.0. The van der Waals surface area contributed by atoms with E-state index in [0.717, 1.165) is 0 Å². The molecule has 0 aliphatic heterocycles. The van der Waals surface area contributed by atoms with Gasteiger partial charge in [0.15, 0.2) is 0 Å². The van der Waals surface area contributed by atoms with Crippen LogP contribution in [0.2, 0.25) is 0 Å². The van der Waals surface area contributed by atoms with Crippen molar-refractivity contribution in [1.82, 2.24) is 16.0 Å². The molecule has 0 aromatic heterocycles. The monoisotopic (exact) mass is 407 g/mol. The lowest BCUT2D eigenvalue weighted by atomic mass is 10.1. The van der Waals surface area contributed by atoms with Crippen LogP contribution < -0.4 is 27.4 Å². The smallest absolute Gasteiger partial charge is 0.327 e. The molecule has 0 aliphatic rings. The lowest BCUT2D eigenvalue weighted by Gasteiger charge is -2.23. The van der Waals surface area contributed by atoms with E-state index in [2.05, 4.69) is 28.6 Å². The summed E-state index contributed by atoms with van der Waals surface area (Å²) in [5, 5.41) is 24.9. The molecule has 12 heteroatoms. The molecular formula is C15H29N5O6S. The summed E-state index contributed by atoms with van der Waals surface area (Å²) < 4.78 is 0. The van der Waals surface area contributed by atoms with E-state index in [4.69, 9.17) is 21.7 Å². The normalized spacial score (nSPS) is 15.1. The molecule has 0 aromatic carbocycles. The molecule has 0 bridgehead atoms. The van der Waals surface area contributed by atoms with Crippen LogP contribution in [0.3, 0.4) is 0 Å². The number of carbonyl (C=O) groups is 4. The summed E-state index contributed by atoms with van der Waals surface area (Å²) in [6.45, 7) is 1.21. The minimum atomic E-state index is -1.25. The van der Waals surface area contributed by atoms with Crippen LogP contribution in [0.5, 0.6) is 0 Å². The van der Waals surface area contributed by atoms with Crippen LogP contribution >= 0.6 is 12.6 Å². The zero-order valence-electron chi connectivity index (χ0n) is 15.2. The quantitative estimate of drug-likeness (QED) is 0.116. The number of aliphatic hydroxyl groups is 1. The Morgan fingerprint density at radius 1 is 1.00 bits per heavy atom. The predicted molar refractivity (Wildman–Crippen MR) is 101 cm³/mol. The van der Waals surface area contributed by atoms with E-state index in [0.29, 0.717) is 19.4 Å². The van der Waals surface area contributed by atoms with Crippen molar-refractivity contribution in [3.8, 4) is 0 Å². The molecule has 4 atom stereocenters. The fourth-order valence-electron chi connectivity index (χ4n) is 1.99. The number of carboxylic acid groups (broad SMARTS) is 1. The molecule has 0 fully saturated rings. The summed E-state index contributed by atoms with van der Waals surface area (Å²) in [4.78, 5) is 47.2. The molecule has 0 radical (unpaired) electrons. The summed E-state index contributed by atoms with van der Waals surface area (Å²) in [7, 11) is 0. The Labute approximate surface area is 163 Å². The van der Waals surface area contributed by atoms with E-state index >= 15 is 0 Å². The number of carboxylic acids is 1. The number of carbonyl (C=O) groups excluding carboxylic acids is 3. The van der Waals surface area contributed by atoms with Crippen molar-refractivity contribution < 1.29 is 29.4 Å². The second kappa shape index (κ2) is 13.3. The molecule has 4 unspecified atom stereocenters. The molecule has 9 N–H and O–H groups in total. The molecule has 0 aliphatic carbocycles. The summed E-state index contributed by atoms with van der Waals surface area (Å²) >= 11 is 3.84. The second-order valence-corrected chi connectivity index (χ2v) is 6.31. The molecule has 0 aromatic rings. The number of thiol groups is 1. The Kier molecular flexibility index (Phi) is 12.4. The topological polar surface area (TPSA) is 197 Å². The van der Waals surface area contributed by atoms with Gasteiger partial charge in [-0.25, -0.2) is 4.79 Å². The highest BCUT2D eigenvalue weighted by Crippen LogP contribution is 2.02. The number of hydrogen-bond donors (Lipinski definition) is 8. The lowest BCUT2D eigenvalue weighted by molar-refractivity contribution is -0.141. The second-order valence-electron chi connectivity index (χ2n) is 5.95. The first kappa shape index (κ1) is 25.1. The first-order valence-electron chi connectivity index (χ1n) is 8.49. The van der Waals surface area contributed by atoms with Gasteiger partial charge in [0, 0.05) is 5.75 Å². The van der Waals surface area contributed by atoms with Crippen LogP contribution in [0, 0.1) is 0 Å². The first-order chi connectivity index (χ1) is 12.7. The van der Waals surface area contributed by atoms with Gasteiger partial charge in [0.1, 0.15) is 24.2 Å². The molecule has 0 heterocycles. The van der Waals surface area contributed by atoms with E-state index < -0.39 is 54.5 Å². The first-order valence-corrected chi connectivity index (χ1v) is 9.12. The molecule has 27 heavy (non-hydrogen) atoms. The number of hydrogen-bond acceptors (Lipinski definition) is 8. The third-order valence-electron chi connectivity index (χ3n) is 3.66. The Hall–Kier alpha value is -1.89. The molecule has 11 nitrogen and oxygen atoms in total. The van der Waals surface area contributed by atoms with Crippen molar-refractivity contribution in [2.24, 2.45) is 11.5 Å². The Bertz CT molecular complexity index is 521. The van der Waals surface area contributed by atoms with Gasteiger partial charge in [0.25, 0.3) is 0 Å². The standard InChI is InChI=1S/C15H29N5O6S/c1-8(12(22)20-11(7-27)15(25)26)18-14(24)10(4-2-3-5-16)19-13(23)9(17)6-21/h8-11,21,27H,2-7,16-17H2,1H3,(H,18,24)(H,19,23)(H,20,22)(H,25,26). The van der Waals surface area contributed by atoms with Crippen molar-refractivity contribution >= 4 is 36.3 Å². The maximum atomic E-state index is 12.4. The summed E-state index contributed by atoms with van der Waals surface area (Å²) in [5.74, 6) is -3.40. The molecule has 0 spiro atoms. The number of rotatable bonds is 13. The van der Waals surface area contributed by atoms with Gasteiger partial charge in [-0.15, -0.1) is 0 Å². The number of aliphatic hydroxyl groups excluding tert-OH is 1. The molecule has 0 saturated heterocycles. The Morgan fingerprint density at radius 3 is 2.07 bits per heavy atom. The van der Waals surface area contributed by atoms with Crippen LogP contribution in [-0.4, -0.2) is 77.0 Å². The number of nitrogens with two attached hydrogens (primary N) is 2. The van der Waals surface area contributed by atoms with Crippen molar-refractivity contribution in [3.05, 3.63) is 0 Å². The maximum absolute atomic E-state index is 12.4. The van der Waals surface area contributed by atoms with Crippen molar-refractivity contribution in [3.63, 3.8) is 0 Å². The van der Waals surface area contributed by atoms with Gasteiger partial charge in [0.2, 0.25) is 17.7 Å². The average Bonchev–Trinajstić information content (AvgIpc) is 2.63. The SMILES string of the molecule is CC(NC(=O)C(CCCCN)NC(=O)C(N)CO)C(=O)NC(CS)C(=O)O. The van der Waals surface area contributed by atoms with Crippen LogP contribution in [0.4, 0.5) is 0 Å². The average molecular weight is 407 g/mol. The van der Waals surface area contributed by atoms with E-state index in [9.17, 15) is 19.2 Å². The lowest BCUT2D eigenvalue weighted by Crippen LogP contribution is -2.56. The number of aliphatic carboxylic acids is 1. The molecule has 0 rings (SSSR count). The number of amides is 3. The number of unbranched alkanes of at least 4 members (excludes halogenated alkanes) is 1. The summed E-state index contributed by atoms with van der Waals surface area (Å²) in [6.07, 6.45) is 1.43. The third kappa shape index (κ3) is 9.56. The largest absolute Gasteiger partial charge is 0.480 e. The van der Waals surface area contributed by atoms with Gasteiger partial charge < -0.3 is 37.6 Å². The van der Waals surface area contributed by atoms with Gasteiger partial charge >= 0.3 is 5.97 Å². The number of nitrogens with one attached hydrogen (secondary N) is 3. The van der Waals surface area contributed by atoms with Crippen LogP contribution in [-0.2, 0) is 19.2 Å². The van der Waals surface area contributed by atoms with Crippen molar-refractivity contribution in [1.29, 1.82) is 0 Å². The van der Waals surface area contributed by atoms with E-state index in [1.807, 2.05) is 0 Å². The molecule has 3 amide bonds. The fraction of sp³-hybridized carbons (Fsp3) is 0.733. The van der Waals surface area contributed by atoms with Gasteiger partial charge in [-0.3, -0.25) is 14.4 Å². The van der Waals surface area contributed by atoms with E-state index in [1.165, 1.54) is 6.92 Å². The predicted octanol–water partition coefficient (Wildman–Crippen LogP) is -3.08. The van der Waals surface area contributed by atoms with Crippen molar-refractivity contribution in [2.45, 2.75) is 50.4 Å². The fourth-order valence-corrected chi connectivity index (χ4v) is 2.23. The van der Waals surface area contributed by atoms with Gasteiger partial charge in [-0.05, 0) is 32.7 Å². The maximum Gasteiger partial charge on any atom is 0.327 e.